The van der Waals surface area contributed by atoms with E-state index >= 15 is 0 Å². The summed E-state index contributed by atoms with van der Waals surface area (Å²) < 4.78 is 0.844. The minimum atomic E-state index is 0.797. The number of piperidine rings is 1. The third-order valence-electron chi connectivity index (χ3n) is 3.50. The molecule has 1 aromatic heterocycles. The number of aromatic nitrogens is 2. The van der Waals surface area contributed by atoms with Crippen molar-refractivity contribution in [3.05, 3.63) is 16.5 Å². The maximum absolute atomic E-state index is 4.37. The Hall–Kier alpha value is -0.680. The highest BCUT2D eigenvalue weighted by molar-refractivity contribution is 9.10. The minimum Gasteiger partial charge on any atom is -0.370 e. The highest BCUT2D eigenvalue weighted by atomic mass is 79.9. The Morgan fingerprint density at radius 3 is 2.78 bits per heavy atom. The fourth-order valence-electron chi connectivity index (χ4n) is 2.38. The van der Waals surface area contributed by atoms with Gasteiger partial charge in [0.15, 0.2) is 0 Å². The first-order valence-electron chi connectivity index (χ1n) is 6.57. The summed E-state index contributed by atoms with van der Waals surface area (Å²) in [6.45, 7) is 5.38. The lowest BCUT2D eigenvalue weighted by Crippen LogP contribution is -2.30. The van der Waals surface area contributed by atoms with Crippen molar-refractivity contribution in [2.75, 3.05) is 32.0 Å². The van der Waals surface area contributed by atoms with Crippen LogP contribution in [0, 0.1) is 12.8 Å². The molecule has 1 aliphatic heterocycles. The Morgan fingerprint density at radius 2 is 2.11 bits per heavy atom. The number of nitrogens with zero attached hydrogens (tertiary/aromatic N) is 3. The van der Waals surface area contributed by atoms with Crippen molar-refractivity contribution in [2.24, 2.45) is 5.92 Å². The molecule has 2 rings (SSSR count). The molecule has 1 saturated heterocycles. The van der Waals surface area contributed by atoms with E-state index in [-0.39, 0.29) is 0 Å². The van der Waals surface area contributed by atoms with Gasteiger partial charge < -0.3 is 10.2 Å². The van der Waals surface area contributed by atoms with Crippen LogP contribution in [0.3, 0.4) is 0 Å². The van der Waals surface area contributed by atoms with Crippen molar-refractivity contribution in [1.82, 2.24) is 14.9 Å². The Balaban J connectivity index is 1.74. The van der Waals surface area contributed by atoms with E-state index in [0.29, 0.717) is 0 Å². The Kier molecular flexibility index (Phi) is 4.95. The average molecular weight is 313 g/mol. The summed E-state index contributed by atoms with van der Waals surface area (Å²) in [7, 11) is 2.20. The monoisotopic (exact) mass is 312 g/mol. The third kappa shape index (κ3) is 4.21. The summed E-state index contributed by atoms with van der Waals surface area (Å²) >= 11 is 3.39. The van der Waals surface area contributed by atoms with E-state index in [1.165, 1.54) is 32.4 Å². The molecule has 0 saturated carbocycles. The number of hydrogen-bond acceptors (Lipinski definition) is 4. The number of aryl methyl sites for hydroxylation is 1. The molecule has 0 atom stereocenters. The molecule has 0 aromatic carbocycles. The summed E-state index contributed by atoms with van der Waals surface area (Å²) in [6, 6.07) is 1.93. The molecule has 0 aliphatic carbocycles. The van der Waals surface area contributed by atoms with E-state index < -0.39 is 0 Å². The molecule has 1 N–H and O–H groups in total. The van der Waals surface area contributed by atoms with Gasteiger partial charge in [-0.2, -0.15) is 0 Å². The van der Waals surface area contributed by atoms with Crippen LogP contribution in [0.1, 0.15) is 25.1 Å². The standard InChI is InChI=1S/C13H21BrN4/c1-10-16-12(14)9-13(17-10)15-6-3-11-4-7-18(2)8-5-11/h9,11H,3-8H2,1-2H3,(H,15,16,17). The molecule has 1 fully saturated rings. The second-order valence-corrected chi connectivity index (χ2v) is 5.90. The number of rotatable bonds is 4. The van der Waals surface area contributed by atoms with Gasteiger partial charge in [-0.15, -0.1) is 0 Å². The second kappa shape index (κ2) is 6.48. The number of halogens is 1. The van der Waals surface area contributed by atoms with Gasteiger partial charge >= 0.3 is 0 Å². The van der Waals surface area contributed by atoms with Gasteiger partial charge in [-0.3, -0.25) is 0 Å². The summed E-state index contributed by atoms with van der Waals surface area (Å²) in [5, 5.41) is 3.39. The maximum Gasteiger partial charge on any atom is 0.130 e. The molecule has 0 amide bonds. The molecule has 4 nitrogen and oxygen atoms in total. The van der Waals surface area contributed by atoms with Crippen molar-refractivity contribution in [1.29, 1.82) is 0 Å². The predicted octanol–water partition coefficient (Wildman–Crippen LogP) is 2.69. The largest absolute Gasteiger partial charge is 0.370 e. The molecule has 1 aliphatic rings. The van der Waals surface area contributed by atoms with Crippen LogP contribution in [-0.2, 0) is 0 Å². The summed E-state index contributed by atoms with van der Waals surface area (Å²) in [5.41, 5.74) is 0. The van der Waals surface area contributed by atoms with Gasteiger partial charge in [0.1, 0.15) is 16.2 Å². The normalized spacial score (nSPS) is 17.9. The summed E-state index contributed by atoms with van der Waals surface area (Å²) in [4.78, 5) is 11.0. The first-order chi connectivity index (χ1) is 8.63. The quantitative estimate of drug-likeness (QED) is 0.868. The number of likely N-dealkylation sites (tertiary alicyclic amines) is 1. The Labute approximate surface area is 117 Å². The third-order valence-corrected chi connectivity index (χ3v) is 3.91. The molecule has 1 aromatic rings. The fraction of sp³-hybridized carbons (Fsp3) is 0.692. The van der Waals surface area contributed by atoms with Crippen LogP contribution in [0.25, 0.3) is 0 Å². The van der Waals surface area contributed by atoms with Gasteiger partial charge in [0, 0.05) is 12.6 Å². The molecular formula is C13H21BrN4. The molecule has 5 heteroatoms. The molecule has 2 heterocycles. The molecule has 18 heavy (non-hydrogen) atoms. The molecule has 0 bridgehead atoms. The number of anilines is 1. The van der Waals surface area contributed by atoms with E-state index in [2.05, 4.69) is 43.2 Å². The van der Waals surface area contributed by atoms with Gasteiger partial charge in [0.2, 0.25) is 0 Å². The van der Waals surface area contributed by atoms with Crippen LogP contribution < -0.4 is 5.32 Å². The Morgan fingerprint density at radius 1 is 1.39 bits per heavy atom. The van der Waals surface area contributed by atoms with E-state index in [4.69, 9.17) is 0 Å². The van der Waals surface area contributed by atoms with Crippen LogP contribution in [0.2, 0.25) is 0 Å². The van der Waals surface area contributed by atoms with E-state index in [0.717, 1.165) is 28.7 Å². The van der Waals surface area contributed by atoms with Gasteiger partial charge in [0.25, 0.3) is 0 Å². The van der Waals surface area contributed by atoms with Gasteiger partial charge in [-0.1, -0.05) is 0 Å². The van der Waals surface area contributed by atoms with Crippen LogP contribution in [0.5, 0.6) is 0 Å². The summed E-state index contributed by atoms with van der Waals surface area (Å²) in [5.74, 6) is 2.58. The van der Waals surface area contributed by atoms with Crippen LogP contribution >= 0.6 is 15.9 Å². The van der Waals surface area contributed by atoms with Crippen molar-refractivity contribution < 1.29 is 0 Å². The topological polar surface area (TPSA) is 41.1 Å². The lowest BCUT2D eigenvalue weighted by molar-refractivity contribution is 0.215. The highest BCUT2D eigenvalue weighted by Crippen LogP contribution is 2.19. The second-order valence-electron chi connectivity index (χ2n) is 5.09. The molecule has 0 spiro atoms. The molecule has 100 valence electrons. The summed E-state index contributed by atoms with van der Waals surface area (Å²) in [6.07, 6.45) is 3.88. The smallest absolute Gasteiger partial charge is 0.130 e. The first kappa shape index (κ1) is 13.7. The van der Waals surface area contributed by atoms with Crippen LogP contribution in [0.4, 0.5) is 5.82 Å². The maximum atomic E-state index is 4.37. The number of hydrogen-bond donors (Lipinski definition) is 1. The molecule has 0 radical (unpaired) electrons. The van der Waals surface area contributed by atoms with E-state index in [1.54, 1.807) is 0 Å². The molecular weight excluding hydrogens is 292 g/mol. The minimum absolute atomic E-state index is 0.797. The van der Waals surface area contributed by atoms with E-state index in [9.17, 15) is 0 Å². The van der Waals surface area contributed by atoms with Crippen LogP contribution in [-0.4, -0.2) is 41.5 Å². The predicted molar refractivity (Wildman–Crippen MR) is 77.8 cm³/mol. The fourth-order valence-corrected chi connectivity index (χ4v) is 2.85. The van der Waals surface area contributed by atoms with Crippen LogP contribution in [0.15, 0.2) is 10.7 Å². The Bertz CT molecular complexity index is 368. The van der Waals surface area contributed by atoms with Crippen molar-refractivity contribution in [3.8, 4) is 0 Å². The highest BCUT2D eigenvalue weighted by Gasteiger charge is 2.15. The lowest BCUT2D eigenvalue weighted by Gasteiger charge is -2.28. The van der Waals surface area contributed by atoms with Gasteiger partial charge in [-0.05, 0) is 68.2 Å². The lowest BCUT2D eigenvalue weighted by atomic mass is 9.94. The molecule has 0 unspecified atom stereocenters. The van der Waals surface area contributed by atoms with Crippen molar-refractivity contribution in [2.45, 2.75) is 26.2 Å². The van der Waals surface area contributed by atoms with E-state index in [1.807, 2.05) is 13.0 Å². The van der Waals surface area contributed by atoms with Crippen molar-refractivity contribution in [3.63, 3.8) is 0 Å². The zero-order valence-electron chi connectivity index (χ0n) is 11.1. The van der Waals surface area contributed by atoms with Crippen molar-refractivity contribution >= 4 is 21.7 Å². The number of nitrogens with one attached hydrogen (secondary N) is 1. The van der Waals surface area contributed by atoms with Gasteiger partial charge in [0.05, 0.1) is 0 Å². The first-order valence-corrected chi connectivity index (χ1v) is 7.36. The SMILES string of the molecule is Cc1nc(Br)cc(NCCC2CCN(C)CC2)n1. The van der Waals surface area contributed by atoms with Gasteiger partial charge in [-0.25, -0.2) is 9.97 Å². The zero-order valence-corrected chi connectivity index (χ0v) is 12.7. The average Bonchev–Trinajstić information content (AvgIpc) is 2.30. The zero-order chi connectivity index (χ0) is 13.0.